The Morgan fingerprint density at radius 2 is 2.14 bits per heavy atom. The number of hydrogen-bond donors (Lipinski definition) is 1. The van der Waals surface area contributed by atoms with Gasteiger partial charge in [-0.1, -0.05) is 6.07 Å². The normalized spacial score (nSPS) is 14.7. The van der Waals surface area contributed by atoms with Crippen LogP contribution in [0.1, 0.15) is 30.0 Å². The van der Waals surface area contributed by atoms with Crippen molar-refractivity contribution in [3.63, 3.8) is 0 Å². The van der Waals surface area contributed by atoms with Gasteiger partial charge in [0.25, 0.3) is 0 Å². The maximum Gasteiger partial charge on any atom is 0.381 e. The number of imidazole rings is 1. The lowest BCUT2D eigenvalue weighted by Crippen LogP contribution is -2.43. The number of aryl methyl sites for hydroxylation is 2. The fraction of sp³-hybridized carbons (Fsp3) is 0.526. The van der Waals surface area contributed by atoms with E-state index >= 15 is 0 Å². The van der Waals surface area contributed by atoms with Crippen molar-refractivity contribution in [1.82, 2.24) is 19.8 Å². The molecule has 1 N–H and O–H groups in total. The minimum atomic E-state index is -0.540. The number of carbonyl (C=O) groups is 2. The van der Waals surface area contributed by atoms with Crippen LogP contribution in [0.25, 0.3) is 0 Å². The summed E-state index contributed by atoms with van der Waals surface area (Å²) >= 11 is 1.69. The van der Waals surface area contributed by atoms with Gasteiger partial charge in [-0.05, 0) is 40.6 Å². The predicted octanol–water partition coefficient (Wildman–Crippen LogP) is 2.15. The third-order valence-corrected chi connectivity index (χ3v) is 6.12. The van der Waals surface area contributed by atoms with Crippen LogP contribution in [0.5, 0.6) is 0 Å². The number of thiophene rings is 1. The summed E-state index contributed by atoms with van der Waals surface area (Å²) in [5, 5.41) is 15.8. The van der Waals surface area contributed by atoms with Crippen LogP contribution in [0.15, 0.2) is 23.7 Å². The van der Waals surface area contributed by atoms with E-state index in [0.717, 1.165) is 6.42 Å². The summed E-state index contributed by atoms with van der Waals surface area (Å²) in [5.74, 6) is 0.316. The molecule has 1 aliphatic rings. The SMILES string of the molecule is Cc1nc([N+](=O)[O-])cn1CCC(=O)N1CCC(C(=O)NCCc2cccs2)CC1. The van der Waals surface area contributed by atoms with E-state index in [9.17, 15) is 19.7 Å². The number of piperidine rings is 1. The molecule has 29 heavy (non-hydrogen) atoms. The van der Waals surface area contributed by atoms with Gasteiger partial charge in [0.1, 0.15) is 6.20 Å². The molecule has 10 heteroatoms. The van der Waals surface area contributed by atoms with E-state index < -0.39 is 4.92 Å². The third-order valence-electron chi connectivity index (χ3n) is 5.19. The molecule has 0 atom stereocenters. The largest absolute Gasteiger partial charge is 0.381 e. The van der Waals surface area contributed by atoms with Gasteiger partial charge < -0.3 is 24.9 Å². The quantitative estimate of drug-likeness (QED) is 0.521. The molecule has 1 fully saturated rings. The summed E-state index contributed by atoms with van der Waals surface area (Å²) in [6.07, 6.45) is 3.77. The van der Waals surface area contributed by atoms with Gasteiger partial charge in [0, 0.05) is 50.3 Å². The zero-order valence-electron chi connectivity index (χ0n) is 16.4. The number of carbonyl (C=O) groups excluding carboxylic acids is 2. The number of aromatic nitrogens is 2. The van der Waals surface area contributed by atoms with Gasteiger partial charge in [-0.3, -0.25) is 9.59 Å². The Labute approximate surface area is 172 Å². The second-order valence-electron chi connectivity index (χ2n) is 7.12. The first kappa shape index (κ1) is 21.0. The Hall–Kier alpha value is -2.75. The van der Waals surface area contributed by atoms with Crippen molar-refractivity contribution >= 4 is 29.0 Å². The highest BCUT2D eigenvalue weighted by molar-refractivity contribution is 7.09. The average Bonchev–Trinajstić information content (AvgIpc) is 3.36. The molecule has 0 aliphatic carbocycles. The summed E-state index contributed by atoms with van der Waals surface area (Å²) in [7, 11) is 0. The van der Waals surface area contributed by atoms with Crippen molar-refractivity contribution in [3.05, 3.63) is 44.5 Å². The lowest BCUT2D eigenvalue weighted by molar-refractivity contribution is -0.389. The fourth-order valence-corrected chi connectivity index (χ4v) is 4.19. The van der Waals surface area contributed by atoms with E-state index in [0.29, 0.717) is 44.8 Å². The lowest BCUT2D eigenvalue weighted by atomic mass is 9.95. The van der Waals surface area contributed by atoms with Crippen molar-refractivity contribution in [1.29, 1.82) is 0 Å². The van der Waals surface area contributed by atoms with Crippen LogP contribution in [0.2, 0.25) is 0 Å². The van der Waals surface area contributed by atoms with Crippen LogP contribution >= 0.6 is 11.3 Å². The van der Waals surface area contributed by atoms with Gasteiger partial charge in [-0.15, -0.1) is 11.3 Å². The molecule has 2 amide bonds. The van der Waals surface area contributed by atoms with Crippen LogP contribution in [0.4, 0.5) is 5.82 Å². The van der Waals surface area contributed by atoms with Crippen LogP contribution in [-0.2, 0) is 22.6 Å². The smallest absolute Gasteiger partial charge is 0.358 e. The summed E-state index contributed by atoms with van der Waals surface area (Å²) in [4.78, 5) is 41.9. The Morgan fingerprint density at radius 3 is 2.76 bits per heavy atom. The molecule has 9 nitrogen and oxygen atoms in total. The van der Waals surface area contributed by atoms with Gasteiger partial charge in [0.15, 0.2) is 0 Å². The number of amides is 2. The van der Waals surface area contributed by atoms with Gasteiger partial charge >= 0.3 is 5.82 Å². The molecule has 3 rings (SSSR count). The van der Waals surface area contributed by atoms with Gasteiger partial charge in [0.05, 0.1) is 0 Å². The Morgan fingerprint density at radius 1 is 1.38 bits per heavy atom. The first-order valence-electron chi connectivity index (χ1n) is 9.70. The van der Waals surface area contributed by atoms with E-state index in [1.807, 2.05) is 11.4 Å². The van der Waals surface area contributed by atoms with E-state index in [-0.39, 0.29) is 30.0 Å². The van der Waals surface area contributed by atoms with E-state index in [1.165, 1.54) is 11.1 Å². The number of nitro groups is 1. The zero-order valence-corrected chi connectivity index (χ0v) is 17.2. The topological polar surface area (TPSA) is 110 Å². The monoisotopic (exact) mass is 419 g/mol. The fourth-order valence-electron chi connectivity index (χ4n) is 3.48. The molecule has 2 aromatic heterocycles. The molecule has 3 heterocycles. The molecule has 0 aromatic carbocycles. The van der Waals surface area contributed by atoms with Crippen molar-refractivity contribution in [2.24, 2.45) is 5.92 Å². The van der Waals surface area contributed by atoms with E-state index in [1.54, 1.807) is 27.7 Å². The van der Waals surface area contributed by atoms with Crippen molar-refractivity contribution in [2.45, 2.75) is 39.2 Å². The molecular weight excluding hydrogens is 394 g/mol. The highest BCUT2D eigenvalue weighted by Gasteiger charge is 2.27. The standard InChI is InChI=1S/C19H25N5O4S/c1-14-21-17(24(27)28)13-23(14)11-7-18(25)22-9-5-15(6-10-22)19(26)20-8-4-16-3-2-12-29-16/h2-3,12-13,15H,4-11H2,1H3,(H,20,26). The zero-order chi connectivity index (χ0) is 20.8. The number of likely N-dealkylation sites (tertiary alicyclic amines) is 1. The first-order valence-corrected chi connectivity index (χ1v) is 10.6. The maximum atomic E-state index is 12.5. The molecule has 1 aliphatic heterocycles. The summed E-state index contributed by atoms with van der Waals surface area (Å²) < 4.78 is 1.63. The second-order valence-corrected chi connectivity index (χ2v) is 8.15. The second kappa shape index (κ2) is 9.64. The van der Waals surface area contributed by atoms with Crippen LogP contribution in [0.3, 0.4) is 0 Å². The number of rotatable bonds is 8. The highest BCUT2D eigenvalue weighted by Crippen LogP contribution is 2.19. The van der Waals surface area contributed by atoms with Crippen LogP contribution in [0, 0.1) is 23.0 Å². The third kappa shape index (κ3) is 5.63. The summed E-state index contributed by atoms with van der Waals surface area (Å²) in [6.45, 7) is 3.79. The molecule has 0 radical (unpaired) electrons. The van der Waals surface area contributed by atoms with E-state index in [2.05, 4.69) is 16.4 Å². The van der Waals surface area contributed by atoms with Gasteiger partial charge in [-0.2, -0.15) is 0 Å². The lowest BCUT2D eigenvalue weighted by Gasteiger charge is -2.31. The number of nitrogens with one attached hydrogen (secondary N) is 1. The van der Waals surface area contributed by atoms with Crippen molar-refractivity contribution in [2.75, 3.05) is 19.6 Å². The van der Waals surface area contributed by atoms with Crippen LogP contribution in [-0.4, -0.2) is 50.8 Å². The Balaban J connectivity index is 1.38. The maximum absolute atomic E-state index is 12.5. The van der Waals surface area contributed by atoms with Gasteiger partial charge in [-0.25, -0.2) is 0 Å². The van der Waals surface area contributed by atoms with Crippen molar-refractivity contribution in [3.8, 4) is 0 Å². The molecule has 0 unspecified atom stereocenters. The number of nitrogens with zero attached hydrogens (tertiary/aromatic N) is 4. The van der Waals surface area contributed by atoms with E-state index in [4.69, 9.17) is 0 Å². The molecule has 0 spiro atoms. The van der Waals surface area contributed by atoms with Crippen molar-refractivity contribution < 1.29 is 14.5 Å². The number of hydrogen-bond acceptors (Lipinski definition) is 6. The minimum Gasteiger partial charge on any atom is -0.358 e. The predicted molar refractivity (Wildman–Crippen MR) is 109 cm³/mol. The Kier molecular flexibility index (Phi) is 6.97. The first-order chi connectivity index (χ1) is 13.9. The average molecular weight is 420 g/mol. The minimum absolute atomic E-state index is 0.00249. The highest BCUT2D eigenvalue weighted by atomic mass is 32.1. The molecule has 0 saturated carbocycles. The molecule has 2 aromatic rings. The van der Waals surface area contributed by atoms with Crippen LogP contribution < -0.4 is 5.32 Å². The molecule has 1 saturated heterocycles. The summed E-state index contributed by atoms with van der Waals surface area (Å²) in [6, 6.07) is 4.06. The molecule has 156 valence electrons. The summed E-state index contributed by atoms with van der Waals surface area (Å²) in [5.41, 5.74) is 0. The van der Waals surface area contributed by atoms with Gasteiger partial charge in [0.2, 0.25) is 17.6 Å². The molecular formula is C19H25N5O4S. The molecule has 0 bridgehead atoms. The Bertz CT molecular complexity index is 856.